The van der Waals surface area contributed by atoms with Crippen LogP contribution in [0.2, 0.25) is 0 Å². The highest BCUT2D eigenvalue weighted by Gasteiger charge is 2.16. The molecule has 1 aromatic carbocycles. The Bertz CT molecular complexity index is 516. The second kappa shape index (κ2) is 6.81. The Labute approximate surface area is 125 Å². The van der Waals surface area contributed by atoms with Crippen molar-refractivity contribution in [3.05, 3.63) is 32.8 Å². The molecule has 0 aliphatic heterocycles. The van der Waals surface area contributed by atoms with E-state index < -0.39 is 4.92 Å². The summed E-state index contributed by atoms with van der Waals surface area (Å²) in [5.74, 6) is -0.187. The number of benzene rings is 1. The Morgan fingerprint density at radius 3 is 2.75 bits per heavy atom. The molecule has 0 saturated heterocycles. The maximum atomic E-state index is 11.8. The first kappa shape index (κ1) is 14.9. The lowest BCUT2D eigenvalue weighted by molar-refractivity contribution is -0.385. The lowest BCUT2D eigenvalue weighted by Gasteiger charge is -2.11. The highest BCUT2D eigenvalue weighted by Crippen LogP contribution is 2.27. The van der Waals surface area contributed by atoms with Gasteiger partial charge in [-0.3, -0.25) is 14.9 Å². The largest absolute Gasteiger partial charge is 0.325 e. The van der Waals surface area contributed by atoms with Crippen LogP contribution in [0.15, 0.2) is 22.7 Å². The average Bonchev–Trinajstić information content (AvgIpc) is 2.91. The standard InChI is InChI=1S/C13H16BrN3O3/c14-11-6-5-10(7-12(11)17(19)20)16-13(18)8-15-9-3-1-2-4-9/h5-7,9,15H,1-4,8H2,(H,16,18). The van der Waals surface area contributed by atoms with Crippen molar-refractivity contribution >= 4 is 33.2 Å². The van der Waals surface area contributed by atoms with Gasteiger partial charge in [0.15, 0.2) is 0 Å². The van der Waals surface area contributed by atoms with Crippen LogP contribution in [0.4, 0.5) is 11.4 Å². The van der Waals surface area contributed by atoms with E-state index in [4.69, 9.17) is 0 Å². The molecule has 0 unspecified atom stereocenters. The zero-order valence-electron chi connectivity index (χ0n) is 10.9. The first-order chi connectivity index (χ1) is 9.56. The number of nitro groups is 1. The number of amides is 1. The third kappa shape index (κ3) is 4.01. The Balaban J connectivity index is 1.90. The second-order valence-electron chi connectivity index (χ2n) is 4.83. The van der Waals surface area contributed by atoms with Gasteiger partial charge in [-0.2, -0.15) is 0 Å². The second-order valence-corrected chi connectivity index (χ2v) is 5.69. The summed E-state index contributed by atoms with van der Waals surface area (Å²) in [6.45, 7) is 0.231. The molecule has 1 aromatic rings. The fourth-order valence-electron chi connectivity index (χ4n) is 2.30. The van der Waals surface area contributed by atoms with Crippen LogP contribution in [0, 0.1) is 10.1 Å². The summed E-state index contributed by atoms with van der Waals surface area (Å²) < 4.78 is 0.393. The highest BCUT2D eigenvalue weighted by atomic mass is 79.9. The molecule has 1 aliphatic carbocycles. The number of hydrogen-bond donors (Lipinski definition) is 2. The van der Waals surface area contributed by atoms with Crippen molar-refractivity contribution in [3.63, 3.8) is 0 Å². The Kier molecular flexibility index (Phi) is 5.08. The highest BCUT2D eigenvalue weighted by molar-refractivity contribution is 9.10. The first-order valence-electron chi connectivity index (χ1n) is 6.53. The maximum absolute atomic E-state index is 11.8. The molecule has 6 nitrogen and oxygen atoms in total. The minimum atomic E-state index is -0.490. The van der Waals surface area contributed by atoms with E-state index in [1.54, 1.807) is 12.1 Å². The van der Waals surface area contributed by atoms with E-state index in [1.807, 2.05) is 0 Å². The fraction of sp³-hybridized carbons (Fsp3) is 0.462. The van der Waals surface area contributed by atoms with E-state index >= 15 is 0 Å². The minimum Gasteiger partial charge on any atom is -0.325 e. The van der Waals surface area contributed by atoms with Gasteiger partial charge < -0.3 is 10.6 Å². The molecule has 0 atom stereocenters. The summed E-state index contributed by atoms with van der Waals surface area (Å²) in [4.78, 5) is 22.1. The van der Waals surface area contributed by atoms with Crippen molar-refractivity contribution < 1.29 is 9.72 Å². The summed E-state index contributed by atoms with van der Waals surface area (Å²) in [6, 6.07) is 4.94. The quantitative estimate of drug-likeness (QED) is 0.637. The van der Waals surface area contributed by atoms with E-state index in [2.05, 4.69) is 26.6 Å². The summed E-state index contributed by atoms with van der Waals surface area (Å²) in [6.07, 6.45) is 4.63. The van der Waals surface area contributed by atoms with E-state index in [0.717, 1.165) is 12.8 Å². The van der Waals surface area contributed by atoms with Gasteiger partial charge in [0.2, 0.25) is 5.91 Å². The van der Waals surface area contributed by atoms with Crippen molar-refractivity contribution in [2.45, 2.75) is 31.7 Å². The Hall–Kier alpha value is -1.47. The minimum absolute atomic E-state index is 0.0634. The van der Waals surface area contributed by atoms with Crippen molar-refractivity contribution in [2.24, 2.45) is 0 Å². The summed E-state index contributed by atoms with van der Waals surface area (Å²) in [7, 11) is 0. The van der Waals surface area contributed by atoms with E-state index in [-0.39, 0.29) is 18.1 Å². The van der Waals surface area contributed by atoms with Gasteiger partial charge >= 0.3 is 0 Å². The number of nitro benzene ring substituents is 1. The van der Waals surface area contributed by atoms with Gasteiger partial charge in [0.05, 0.1) is 15.9 Å². The van der Waals surface area contributed by atoms with Gasteiger partial charge in [-0.05, 0) is 40.9 Å². The monoisotopic (exact) mass is 341 g/mol. The number of nitrogens with one attached hydrogen (secondary N) is 2. The first-order valence-corrected chi connectivity index (χ1v) is 7.33. The summed E-state index contributed by atoms with van der Waals surface area (Å²) in [5, 5.41) is 16.7. The molecule has 0 aromatic heterocycles. The molecule has 2 N–H and O–H groups in total. The van der Waals surface area contributed by atoms with Crippen LogP contribution in [0.3, 0.4) is 0 Å². The molecule has 0 bridgehead atoms. The number of carbonyl (C=O) groups is 1. The van der Waals surface area contributed by atoms with Gasteiger partial charge in [0.1, 0.15) is 0 Å². The molecule has 2 rings (SSSR count). The van der Waals surface area contributed by atoms with E-state index in [1.165, 1.54) is 18.9 Å². The van der Waals surface area contributed by atoms with Crippen molar-refractivity contribution in [1.29, 1.82) is 0 Å². The van der Waals surface area contributed by atoms with Crippen molar-refractivity contribution in [1.82, 2.24) is 5.32 Å². The average molecular weight is 342 g/mol. The molecule has 0 radical (unpaired) electrons. The van der Waals surface area contributed by atoms with Crippen LogP contribution in [-0.4, -0.2) is 23.4 Å². The van der Waals surface area contributed by atoms with Crippen molar-refractivity contribution in [2.75, 3.05) is 11.9 Å². The van der Waals surface area contributed by atoms with Gasteiger partial charge in [-0.25, -0.2) is 0 Å². The maximum Gasteiger partial charge on any atom is 0.285 e. The number of nitrogens with zero attached hydrogens (tertiary/aromatic N) is 1. The Morgan fingerprint density at radius 1 is 1.40 bits per heavy atom. The molecular formula is C13H16BrN3O3. The summed E-state index contributed by atoms with van der Waals surface area (Å²) in [5.41, 5.74) is 0.365. The molecular weight excluding hydrogens is 326 g/mol. The molecule has 7 heteroatoms. The van der Waals surface area contributed by atoms with Crippen LogP contribution in [0.25, 0.3) is 0 Å². The van der Waals surface area contributed by atoms with Crippen molar-refractivity contribution in [3.8, 4) is 0 Å². The molecule has 1 saturated carbocycles. The third-order valence-electron chi connectivity index (χ3n) is 3.33. The normalized spacial score (nSPS) is 15.2. The van der Waals surface area contributed by atoms with Crippen LogP contribution < -0.4 is 10.6 Å². The zero-order chi connectivity index (χ0) is 14.5. The van der Waals surface area contributed by atoms with Gasteiger partial charge in [-0.15, -0.1) is 0 Å². The zero-order valence-corrected chi connectivity index (χ0v) is 12.5. The number of anilines is 1. The molecule has 0 heterocycles. The molecule has 1 fully saturated rings. The number of rotatable bonds is 5. The molecule has 1 amide bonds. The van der Waals surface area contributed by atoms with E-state index in [0.29, 0.717) is 16.2 Å². The van der Waals surface area contributed by atoms with Gasteiger partial charge in [-0.1, -0.05) is 12.8 Å². The molecule has 108 valence electrons. The number of halogens is 1. The van der Waals surface area contributed by atoms with Crippen LogP contribution in [0.5, 0.6) is 0 Å². The van der Waals surface area contributed by atoms with Gasteiger partial charge in [0, 0.05) is 17.8 Å². The molecule has 20 heavy (non-hydrogen) atoms. The summed E-state index contributed by atoms with van der Waals surface area (Å²) >= 11 is 3.11. The van der Waals surface area contributed by atoms with Gasteiger partial charge in [0.25, 0.3) is 5.69 Å². The predicted molar refractivity (Wildman–Crippen MR) is 79.7 cm³/mol. The number of hydrogen-bond acceptors (Lipinski definition) is 4. The van der Waals surface area contributed by atoms with Crippen LogP contribution in [0.1, 0.15) is 25.7 Å². The smallest absolute Gasteiger partial charge is 0.285 e. The Morgan fingerprint density at radius 2 is 2.10 bits per heavy atom. The van der Waals surface area contributed by atoms with Crippen LogP contribution in [-0.2, 0) is 4.79 Å². The molecule has 1 aliphatic rings. The fourth-order valence-corrected chi connectivity index (χ4v) is 2.69. The third-order valence-corrected chi connectivity index (χ3v) is 4.00. The van der Waals surface area contributed by atoms with E-state index in [9.17, 15) is 14.9 Å². The lowest BCUT2D eigenvalue weighted by Crippen LogP contribution is -2.34. The molecule has 0 spiro atoms. The SMILES string of the molecule is O=C(CNC1CCCC1)Nc1ccc(Br)c([N+](=O)[O-])c1. The lowest BCUT2D eigenvalue weighted by atomic mass is 10.2. The number of carbonyl (C=O) groups excluding carboxylic acids is 1. The topological polar surface area (TPSA) is 84.3 Å². The van der Waals surface area contributed by atoms with Crippen LogP contribution >= 0.6 is 15.9 Å². The predicted octanol–water partition coefficient (Wildman–Crippen LogP) is 2.83.